The number of aryl methyl sites for hydroxylation is 1. The second-order valence-electron chi connectivity index (χ2n) is 4.70. The molecule has 3 aromatic rings. The number of hydrogen-bond acceptors (Lipinski definition) is 3. The third-order valence-corrected chi connectivity index (χ3v) is 4.11. The van der Waals surface area contributed by atoms with Gasteiger partial charge < -0.3 is 5.32 Å². The van der Waals surface area contributed by atoms with Gasteiger partial charge in [0.2, 0.25) is 0 Å². The molecule has 0 bridgehead atoms. The summed E-state index contributed by atoms with van der Waals surface area (Å²) in [7, 11) is 0. The van der Waals surface area contributed by atoms with E-state index in [1.165, 1.54) is 11.3 Å². The van der Waals surface area contributed by atoms with Crippen molar-refractivity contribution < 1.29 is 4.79 Å². The molecule has 2 heterocycles. The Morgan fingerprint density at radius 1 is 1.10 bits per heavy atom. The number of thiophene rings is 1. The van der Waals surface area contributed by atoms with Crippen molar-refractivity contribution in [2.45, 2.75) is 6.92 Å². The van der Waals surface area contributed by atoms with Crippen molar-refractivity contribution in [3.05, 3.63) is 70.7 Å². The number of rotatable bonds is 3. The fourth-order valence-electron chi connectivity index (χ4n) is 2.07. The first-order valence-electron chi connectivity index (χ1n) is 6.60. The van der Waals surface area contributed by atoms with Crippen LogP contribution in [0.1, 0.15) is 15.2 Å². The van der Waals surface area contributed by atoms with Crippen LogP contribution in [0.2, 0.25) is 0 Å². The lowest BCUT2D eigenvalue weighted by atomic mass is 10.0. The van der Waals surface area contributed by atoms with Gasteiger partial charge in [0.05, 0.1) is 4.88 Å². The Morgan fingerprint density at radius 2 is 1.90 bits per heavy atom. The molecule has 104 valence electrons. The quantitative estimate of drug-likeness (QED) is 0.779. The van der Waals surface area contributed by atoms with Crippen LogP contribution in [-0.4, -0.2) is 10.9 Å². The zero-order chi connectivity index (χ0) is 14.7. The van der Waals surface area contributed by atoms with Gasteiger partial charge in [-0.25, -0.2) is 0 Å². The number of nitrogens with zero attached hydrogens (tertiary/aromatic N) is 1. The minimum absolute atomic E-state index is 0.0695. The molecule has 0 aliphatic rings. The summed E-state index contributed by atoms with van der Waals surface area (Å²) in [5.74, 6) is -0.0695. The van der Waals surface area contributed by atoms with Gasteiger partial charge in [-0.1, -0.05) is 18.2 Å². The molecule has 1 aromatic carbocycles. The molecule has 0 saturated carbocycles. The zero-order valence-electron chi connectivity index (χ0n) is 11.5. The Morgan fingerprint density at radius 3 is 2.62 bits per heavy atom. The molecule has 0 spiro atoms. The smallest absolute Gasteiger partial charge is 0.265 e. The lowest BCUT2D eigenvalue weighted by molar-refractivity contribution is 0.103. The number of aromatic nitrogens is 1. The van der Waals surface area contributed by atoms with Gasteiger partial charge >= 0.3 is 0 Å². The molecular formula is C17H14N2OS. The number of anilines is 1. The molecule has 3 nitrogen and oxygen atoms in total. The van der Waals surface area contributed by atoms with E-state index >= 15 is 0 Å². The Bertz CT molecular complexity index is 752. The van der Waals surface area contributed by atoms with E-state index in [1.807, 2.05) is 54.8 Å². The van der Waals surface area contributed by atoms with E-state index in [4.69, 9.17) is 0 Å². The molecule has 0 atom stereocenters. The van der Waals surface area contributed by atoms with Crippen LogP contribution in [-0.2, 0) is 0 Å². The third-order valence-electron chi connectivity index (χ3n) is 3.24. The van der Waals surface area contributed by atoms with Crippen molar-refractivity contribution >= 4 is 22.9 Å². The van der Waals surface area contributed by atoms with Crippen LogP contribution in [0.15, 0.2) is 60.2 Å². The summed E-state index contributed by atoms with van der Waals surface area (Å²) in [6.45, 7) is 1.99. The predicted octanol–water partition coefficient (Wildman–Crippen LogP) is 4.37. The van der Waals surface area contributed by atoms with Gasteiger partial charge in [0, 0.05) is 18.1 Å². The SMILES string of the molecule is Cc1ccc(-c2ccncc2)cc1NC(=O)c1cccs1. The maximum Gasteiger partial charge on any atom is 0.265 e. The van der Waals surface area contributed by atoms with Gasteiger partial charge in [0.15, 0.2) is 0 Å². The average molecular weight is 294 g/mol. The first-order valence-corrected chi connectivity index (χ1v) is 7.48. The second kappa shape index (κ2) is 5.89. The van der Waals surface area contributed by atoms with E-state index in [0.29, 0.717) is 4.88 Å². The van der Waals surface area contributed by atoms with Crippen LogP contribution in [0.4, 0.5) is 5.69 Å². The van der Waals surface area contributed by atoms with Crippen LogP contribution in [0.25, 0.3) is 11.1 Å². The van der Waals surface area contributed by atoms with Gasteiger partial charge in [-0.2, -0.15) is 0 Å². The minimum atomic E-state index is -0.0695. The number of amides is 1. The van der Waals surface area contributed by atoms with Crippen LogP contribution in [0.5, 0.6) is 0 Å². The molecule has 21 heavy (non-hydrogen) atoms. The van der Waals surface area contributed by atoms with Crippen LogP contribution >= 0.6 is 11.3 Å². The largest absolute Gasteiger partial charge is 0.321 e. The third kappa shape index (κ3) is 3.01. The van der Waals surface area contributed by atoms with E-state index in [2.05, 4.69) is 10.3 Å². The molecule has 3 rings (SSSR count). The summed E-state index contributed by atoms with van der Waals surface area (Å²) < 4.78 is 0. The van der Waals surface area contributed by atoms with Crippen LogP contribution in [0.3, 0.4) is 0 Å². The van der Waals surface area contributed by atoms with Crippen molar-refractivity contribution in [2.75, 3.05) is 5.32 Å². The lowest BCUT2D eigenvalue weighted by Crippen LogP contribution is -2.11. The van der Waals surface area contributed by atoms with Crippen LogP contribution in [0, 0.1) is 6.92 Å². The number of benzene rings is 1. The monoisotopic (exact) mass is 294 g/mol. The van der Waals surface area contributed by atoms with E-state index in [1.54, 1.807) is 12.4 Å². The summed E-state index contributed by atoms with van der Waals surface area (Å²) >= 11 is 1.44. The fourth-order valence-corrected chi connectivity index (χ4v) is 2.69. The predicted molar refractivity (Wildman–Crippen MR) is 86.7 cm³/mol. The Hall–Kier alpha value is -2.46. The molecule has 1 N–H and O–H groups in total. The van der Waals surface area contributed by atoms with Gasteiger partial charge in [-0.15, -0.1) is 11.3 Å². The molecule has 0 unspecified atom stereocenters. The van der Waals surface area contributed by atoms with Gasteiger partial charge in [0.1, 0.15) is 0 Å². The molecule has 0 fully saturated rings. The van der Waals surface area contributed by atoms with Gasteiger partial charge in [-0.3, -0.25) is 9.78 Å². The fraction of sp³-hybridized carbons (Fsp3) is 0.0588. The zero-order valence-corrected chi connectivity index (χ0v) is 12.4. The summed E-state index contributed by atoms with van der Waals surface area (Å²) in [6.07, 6.45) is 3.53. The number of carbonyl (C=O) groups excluding carboxylic acids is 1. The number of pyridine rings is 1. The first kappa shape index (κ1) is 13.5. The molecule has 0 aliphatic heterocycles. The minimum Gasteiger partial charge on any atom is -0.321 e. The normalized spacial score (nSPS) is 10.3. The number of carbonyl (C=O) groups is 1. The van der Waals surface area contributed by atoms with E-state index < -0.39 is 0 Å². The van der Waals surface area contributed by atoms with Crippen molar-refractivity contribution in [3.8, 4) is 11.1 Å². The van der Waals surface area contributed by atoms with Gasteiger partial charge in [-0.05, 0) is 53.3 Å². The Balaban J connectivity index is 1.90. The van der Waals surface area contributed by atoms with Crippen molar-refractivity contribution in [2.24, 2.45) is 0 Å². The van der Waals surface area contributed by atoms with Crippen molar-refractivity contribution in [3.63, 3.8) is 0 Å². The highest BCUT2D eigenvalue weighted by atomic mass is 32.1. The topological polar surface area (TPSA) is 42.0 Å². The van der Waals surface area contributed by atoms with E-state index in [-0.39, 0.29) is 5.91 Å². The lowest BCUT2D eigenvalue weighted by Gasteiger charge is -2.10. The Kier molecular flexibility index (Phi) is 3.79. The molecule has 4 heteroatoms. The van der Waals surface area contributed by atoms with Crippen molar-refractivity contribution in [1.29, 1.82) is 0 Å². The molecule has 0 aliphatic carbocycles. The molecule has 2 aromatic heterocycles. The second-order valence-corrected chi connectivity index (χ2v) is 5.64. The average Bonchev–Trinajstić information content (AvgIpc) is 3.05. The molecular weight excluding hydrogens is 280 g/mol. The Labute approximate surface area is 127 Å². The molecule has 0 radical (unpaired) electrons. The summed E-state index contributed by atoms with van der Waals surface area (Å²) in [6, 6.07) is 13.7. The highest BCUT2D eigenvalue weighted by molar-refractivity contribution is 7.12. The standard InChI is InChI=1S/C17H14N2OS/c1-12-4-5-14(13-6-8-18-9-7-13)11-15(12)19-17(20)16-3-2-10-21-16/h2-11H,1H3,(H,19,20). The summed E-state index contributed by atoms with van der Waals surface area (Å²) in [5, 5.41) is 4.88. The maximum absolute atomic E-state index is 12.2. The van der Waals surface area contributed by atoms with Crippen molar-refractivity contribution in [1.82, 2.24) is 4.98 Å². The first-order chi connectivity index (χ1) is 10.2. The van der Waals surface area contributed by atoms with E-state index in [0.717, 1.165) is 22.4 Å². The molecule has 1 amide bonds. The highest BCUT2D eigenvalue weighted by Crippen LogP contribution is 2.25. The number of nitrogens with one attached hydrogen (secondary N) is 1. The number of hydrogen-bond donors (Lipinski definition) is 1. The summed E-state index contributed by atoms with van der Waals surface area (Å²) in [4.78, 5) is 16.9. The summed E-state index contributed by atoms with van der Waals surface area (Å²) in [5.41, 5.74) is 4.02. The highest BCUT2D eigenvalue weighted by Gasteiger charge is 2.09. The van der Waals surface area contributed by atoms with Gasteiger partial charge in [0.25, 0.3) is 5.91 Å². The van der Waals surface area contributed by atoms with Crippen LogP contribution < -0.4 is 5.32 Å². The maximum atomic E-state index is 12.2. The van der Waals surface area contributed by atoms with E-state index in [9.17, 15) is 4.79 Å². The molecule has 0 saturated heterocycles.